The monoisotopic (exact) mass is 617 g/mol. The van der Waals surface area contributed by atoms with Gasteiger partial charge in [0.15, 0.2) is 0 Å². The van der Waals surface area contributed by atoms with Crippen LogP contribution < -0.4 is 11.4 Å². The average molecular weight is 618 g/mol. The van der Waals surface area contributed by atoms with Gasteiger partial charge in [0.25, 0.3) is 5.91 Å². The minimum absolute atomic E-state index is 0.00107. The zero-order valence-corrected chi connectivity index (χ0v) is 25.5. The Hall–Kier alpha value is -3.55. The van der Waals surface area contributed by atoms with Crippen molar-refractivity contribution in [3.05, 3.63) is 104 Å². The minimum atomic E-state index is -4.67. The Balaban J connectivity index is 0.000000892. The summed E-state index contributed by atoms with van der Waals surface area (Å²) < 4.78 is 34.7. The van der Waals surface area contributed by atoms with Crippen molar-refractivity contribution in [2.24, 2.45) is 11.7 Å². The van der Waals surface area contributed by atoms with Gasteiger partial charge in [0, 0.05) is 17.8 Å². The summed E-state index contributed by atoms with van der Waals surface area (Å²) in [5.41, 5.74) is 10.1. The van der Waals surface area contributed by atoms with Gasteiger partial charge < -0.3 is 10.6 Å². The SMILES string of the molecule is Cc1ccc(C(=O)N(CCCN)[C@H](c2cc3c(Cl)c(C)nn3c(=O)n2Cc2ccccc2)C(C)C)cc1.O=S(=O)(O)O. The number of nitrogens with two attached hydrogens (primary N) is 1. The first-order valence-electron chi connectivity index (χ1n) is 13.3. The van der Waals surface area contributed by atoms with E-state index in [0.717, 1.165) is 16.8 Å². The predicted molar refractivity (Wildman–Crippen MR) is 162 cm³/mol. The number of fused-ring (bicyclic) bond motifs is 1. The van der Waals surface area contributed by atoms with E-state index >= 15 is 0 Å². The molecule has 226 valence electrons. The van der Waals surface area contributed by atoms with Gasteiger partial charge in [0.2, 0.25) is 0 Å². The van der Waals surface area contributed by atoms with Gasteiger partial charge in [-0.2, -0.15) is 18.0 Å². The van der Waals surface area contributed by atoms with Crippen LogP contribution in [0.15, 0.2) is 65.5 Å². The van der Waals surface area contributed by atoms with Crippen LogP contribution in [0.25, 0.3) is 5.52 Å². The molecule has 2 aromatic carbocycles. The highest BCUT2D eigenvalue weighted by molar-refractivity contribution is 7.79. The quantitative estimate of drug-likeness (QED) is 0.234. The first-order valence-corrected chi connectivity index (χ1v) is 15.1. The second-order valence-electron chi connectivity index (χ2n) is 10.3. The molecule has 4 N–H and O–H groups in total. The Kier molecular flexibility index (Phi) is 11.0. The fourth-order valence-electron chi connectivity index (χ4n) is 4.76. The lowest BCUT2D eigenvalue weighted by molar-refractivity contribution is 0.0609. The van der Waals surface area contributed by atoms with Crippen molar-refractivity contribution in [2.45, 2.75) is 46.7 Å². The maximum absolute atomic E-state index is 13.9. The number of benzene rings is 2. The summed E-state index contributed by atoms with van der Waals surface area (Å²) in [6, 6.07) is 18.9. The molecule has 0 aliphatic heterocycles. The molecule has 0 radical (unpaired) electrons. The van der Waals surface area contributed by atoms with Crippen LogP contribution in [0.2, 0.25) is 5.02 Å². The fraction of sp³-hybridized carbons (Fsp3) is 0.345. The number of hydrogen-bond donors (Lipinski definition) is 3. The van der Waals surface area contributed by atoms with E-state index in [4.69, 9.17) is 34.9 Å². The number of carbonyl (C=O) groups excluding carboxylic acids is 1. The molecule has 0 aliphatic carbocycles. The van der Waals surface area contributed by atoms with Crippen molar-refractivity contribution in [1.29, 1.82) is 0 Å². The molecule has 2 aromatic heterocycles. The van der Waals surface area contributed by atoms with Crippen LogP contribution in [0.1, 0.15) is 59.2 Å². The molecule has 4 rings (SSSR count). The molecule has 0 fully saturated rings. The van der Waals surface area contributed by atoms with Crippen LogP contribution in [0.3, 0.4) is 0 Å². The number of amides is 1. The number of rotatable bonds is 9. The van der Waals surface area contributed by atoms with Gasteiger partial charge in [0.05, 0.1) is 28.8 Å². The van der Waals surface area contributed by atoms with Crippen molar-refractivity contribution in [3.63, 3.8) is 0 Å². The van der Waals surface area contributed by atoms with E-state index < -0.39 is 16.4 Å². The van der Waals surface area contributed by atoms with Crippen LogP contribution in [-0.4, -0.2) is 55.6 Å². The van der Waals surface area contributed by atoms with Crippen molar-refractivity contribution in [1.82, 2.24) is 19.1 Å². The Morgan fingerprint density at radius 3 is 2.21 bits per heavy atom. The fourth-order valence-corrected chi connectivity index (χ4v) is 4.93. The Bertz CT molecular complexity index is 1680. The van der Waals surface area contributed by atoms with Gasteiger partial charge in [0.1, 0.15) is 0 Å². The third-order valence-electron chi connectivity index (χ3n) is 6.65. The summed E-state index contributed by atoms with van der Waals surface area (Å²) in [4.78, 5) is 29.6. The number of hydrogen-bond acceptors (Lipinski definition) is 6. The van der Waals surface area contributed by atoms with E-state index in [1.807, 2.05) is 72.5 Å². The molecular weight excluding hydrogens is 582 g/mol. The van der Waals surface area contributed by atoms with Crippen LogP contribution in [0.4, 0.5) is 0 Å². The summed E-state index contributed by atoms with van der Waals surface area (Å²) >= 11 is 6.59. The molecule has 4 aromatic rings. The smallest absolute Gasteiger partial charge is 0.330 e. The molecule has 0 spiro atoms. The summed E-state index contributed by atoms with van der Waals surface area (Å²) in [7, 11) is -4.67. The summed E-state index contributed by atoms with van der Waals surface area (Å²) in [5.74, 6) is -0.0969. The second kappa shape index (κ2) is 14.1. The molecule has 2 heterocycles. The van der Waals surface area contributed by atoms with E-state index in [-0.39, 0.29) is 17.5 Å². The number of nitrogens with zero attached hydrogens (tertiary/aromatic N) is 4. The number of aromatic nitrogens is 3. The molecule has 1 atom stereocenters. The highest BCUT2D eigenvalue weighted by atomic mass is 35.5. The zero-order chi connectivity index (χ0) is 31.2. The van der Waals surface area contributed by atoms with Crippen molar-refractivity contribution < 1.29 is 22.3 Å². The van der Waals surface area contributed by atoms with Crippen LogP contribution in [-0.2, 0) is 16.9 Å². The molecule has 42 heavy (non-hydrogen) atoms. The number of carbonyl (C=O) groups is 1. The number of aryl methyl sites for hydroxylation is 2. The van der Waals surface area contributed by atoms with Crippen molar-refractivity contribution in [2.75, 3.05) is 13.1 Å². The molecule has 0 unspecified atom stereocenters. The molecule has 13 heteroatoms. The summed E-state index contributed by atoms with van der Waals surface area (Å²) in [5, 5.41) is 4.84. The van der Waals surface area contributed by atoms with Crippen molar-refractivity contribution >= 4 is 33.4 Å². The average Bonchev–Trinajstić information content (AvgIpc) is 3.21. The second-order valence-corrected chi connectivity index (χ2v) is 11.5. The first kappa shape index (κ1) is 33.0. The highest BCUT2D eigenvalue weighted by Gasteiger charge is 2.32. The maximum atomic E-state index is 13.9. The molecule has 0 saturated heterocycles. The Labute approximate surface area is 250 Å². The standard InChI is InChI=1S/C29H34ClN5O2.H2O4S/c1-19(2)27(33(16-8-15-31)28(36)23-13-11-20(3)12-14-23)25-17-24-26(30)21(4)32-35(24)29(37)34(25)18-22-9-6-5-7-10-22;1-5(2,3)4/h5-7,9-14,17,19,27H,8,15-16,18,31H2,1-4H3;(H2,1,2,3,4)/t27-;/m0./s1. The lowest BCUT2D eigenvalue weighted by Crippen LogP contribution is -2.42. The molecule has 0 aliphatic rings. The topological polar surface area (TPSA) is 160 Å². The summed E-state index contributed by atoms with van der Waals surface area (Å²) in [6.07, 6.45) is 0.637. The van der Waals surface area contributed by atoms with E-state index in [9.17, 15) is 9.59 Å². The van der Waals surface area contributed by atoms with Gasteiger partial charge in [-0.1, -0.05) is 73.5 Å². The predicted octanol–water partition coefficient (Wildman–Crippen LogP) is 4.35. The van der Waals surface area contributed by atoms with Gasteiger partial charge in [-0.3, -0.25) is 18.5 Å². The van der Waals surface area contributed by atoms with Crippen LogP contribution >= 0.6 is 11.6 Å². The summed E-state index contributed by atoms with van der Waals surface area (Å²) in [6.45, 7) is 9.15. The van der Waals surface area contributed by atoms with Gasteiger partial charge in [-0.05, 0) is 56.5 Å². The molecule has 11 nitrogen and oxygen atoms in total. The van der Waals surface area contributed by atoms with Crippen molar-refractivity contribution in [3.8, 4) is 0 Å². The molecule has 0 saturated carbocycles. The van der Waals surface area contributed by atoms with E-state index in [0.29, 0.717) is 47.9 Å². The minimum Gasteiger partial charge on any atom is -0.330 e. The van der Waals surface area contributed by atoms with Gasteiger partial charge in [-0.25, -0.2) is 4.79 Å². The highest BCUT2D eigenvalue weighted by Crippen LogP contribution is 2.32. The molecule has 0 bridgehead atoms. The number of halogens is 1. The maximum Gasteiger partial charge on any atom is 0.394 e. The van der Waals surface area contributed by atoms with Gasteiger partial charge in [-0.15, -0.1) is 0 Å². The molecule has 1 amide bonds. The largest absolute Gasteiger partial charge is 0.394 e. The molecular formula is C29H36ClN5O6S. The first-order chi connectivity index (χ1) is 19.7. The normalized spacial score (nSPS) is 12.2. The van der Waals surface area contributed by atoms with Gasteiger partial charge >= 0.3 is 16.1 Å². The van der Waals surface area contributed by atoms with Crippen LogP contribution in [0, 0.1) is 19.8 Å². The van der Waals surface area contributed by atoms with E-state index in [1.165, 1.54) is 4.52 Å². The van der Waals surface area contributed by atoms with Crippen LogP contribution in [0.5, 0.6) is 0 Å². The van der Waals surface area contributed by atoms with E-state index in [1.54, 1.807) is 11.5 Å². The Morgan fingerprint density at radius 2 is 1.67 bits per heavy atom. The lowest BCUT2D eigenvalue weighted by atomic mass is 9.96. The Morgan fingerprint density at radius 1 is 1.07 bits per heavy atom. The van der Waals surface area contributed by atoms with E-state index in [2.05, 4.69) is 18.9 Å². The third-order valence-corrected chi connectivity index (χ3v) is 7.11. The lowest BCUT2D eigenvalue weighted by Gasteiger charge is -2.36. The zero-order valence-electron chi connectivity index (χ0n) is 23.9. The third kappa shape index (κ3) is 8.26.